The van der Waals surface area contributed by atoms with Crippen LogP contribution >= 0.6 is 0 Å². The molecule has 0 fully saturated rings. The van der Waals surface area contributed by atoms with Gasteiger partial charge >= 0.3 is 5.97 Å². The van der Waals surface area contributed by atoms with Crippen LogP contribution in [0.25, 0.3) is 21.8 Å². The minimum Gasteiger partial charge on any atom is -0.463 e. The molecule has 9 nitrogen and oxygen atoms in total. The van der Waals surface area contributed by atoms with Gasteiger partial charge in [0.05, 0.1) is 30.8 Å². The summed E-state index contributed by atoms with van der Waals surface area (Å²) >= 11 is 0. The molecule has 9 heteroatoms. The monoisotopic (exact) mass is 545 g/mol. The van der Waals surface area contributed by atoms with Crippen LogP contribution in [0, 0.1) is 6.57 Å². The van der Waals surface area contributed by atoms with Gasteiger partial charge in [0.1, 0.15) is 5.57 Å². The normalized spacial score (nSPS) is 13.7. The second-order valence-electron chi connectivity index (χ2n) is 10.7. The molecule has 0 unspecified atom stereocenters. The molecule has 2 aromatic heterocycles. The first-order valence-electron chi connectivity index (χ1n) is 13.4. The van der Waals surface area contributed by atoms with E-state index in [2.05, 4.69) is 47.7 Å². The molecule has 1 aliphatic rings. The number of esters is 1. The lowest BCUT2D eigenvalue weighted by Crippen LogP contribution is -2.11. The molecule has 4 aromatic rings. The molecule has 5 rings (SSSR count). The maximum absolute atomic E-state index is 13.1. The average molecular weight is 546 g/mol. The Balaban J connectivity index is 1.55. The van der Waals surface area contributed by atoms with Crippen LogP contribution in [-0.2, 0) is 14.9 Å². The van der Waals surface area contributed by atoms with E-state index in [1.165, 1.54) is 10.2 Å². The van der Waals surface area contributed by atoms with Crippen molar-refractivity contribution in [1.82, 2.24) is 19.7 Å². The van der Waals surface area contributed by atoms with Crippen LogP contribution in [0.1, 0.15) is 45.5 Å². The Hall–Kier alpha value is -5.10. The van der Waals surface area contributed by atoms with Crippen molar-refractivity contribution in [3.63, 3.8) is 0 Å². The van der Waals surface area contributed by atoms with Crippen molar-refractivity contribution in [3.05, 3.63) is 102 Å². The van der Waals surface area contributed by atoms with Gasteiger partial charge in [0.2, 0.25) is 5.70 Å². The van der Waals surface area contributed by atoms with E-state index < -0.39 is 5.97 Å². The lowest BCUT2D eigenvalue weighted by Gasteiger charge is -2.18. The van der Waals surface area contributed by atoms with Crippen molar-refractivity contribution in [2.24, 2.45) is 4.99 Å². The standard InChI is InChI=1S/C32H31N7O2/c1-7-19-41-31(40)26-27(33-5)30(35-23-14-16-24(17-15-23)38(6)25-9-8-18-34-20-25)39-29(26)36-28(37-39)21-10-12-22(13-11-21)32(2,3)4/h8-18,20H,7,19H2,1-4,6H3. The zero-order chi connectivity index (χ0) is 29.1. The number of aromatic nitrogens is 4. The molecule has 0 bridgehead atoms. The van der Waals surface area contributed by atoms with Gasteiger partial charge in [0.25, 0.3) is 0 Å². The van der Waals surface area contributed by atoms with Gasteiger partial charge in [0, 0.05) is 24.5 Å². The highest BCUT2D eigenvalue weighted by atomic mass is 16.5. The van der Waals surface area contributed by atoms with Crippen molar-refractivity contribution in [2.45, 2.75) is 39.5 Å². The van der Waals surface area contributed by atoms with Crippen molar-refractivity contribution in [2.75, 3.05) is 18.6 Å². The third-order valence-electron chi connectivity index (χ3n) is 6.75. The fourth-order valence-corrected chi connectivity index (χ4v) is 4.42. The van der Waals surface area contributed by atoms with Crippen molar-refractivity contribution in [3.8, 4) is 11.4 Å². The molecule has 0 saturated carbocycles. The first-order chi connectivity index (χ1) is 19.7. The summed E-state index contributed by atoms with van der Waals surface area (Å²) in [6.45, 7) is 16.5. The van der Waals surface area contributed by atoms with Gasteiger partial charge in [0.15, 0.2) is 17.5 Å². The number of rotatable bonds is 7. The smallest absolute Gasteiger partial charge is 0.331 e. The highest BCUT2D eigenvalue weighted by Gasteiger charge is 2.37. The first kappa shape index (κ1) is 27.5. The Morgan fingerprint density at radius 2 is 1.80 bits per heavy atom. The van der Waals surface area contributed by atoms with Crippen LogP contribution in [0.3, 0.4) is 0 Å². The third kappa shape index (κ3) is 5.50. The molecule has 0 atom stereocenters. The van der Waals surface area contributed by atoms with Gasteiger partial charge in [-0.3, -0.25) is 4.98 Å². The van der Waals surface area contributed by atoms with Gasteiger partial charge in [-0.2, -0.15) is 0 Å². The van der Waals surface area contributed by atoms with Crippen LogP contribution in [-0.4, -0.2) is 45.2 Å². The molecule has 0 amide bonds. The van der Waals surface area contributed by atoms with Gasteiger partial charge in [-0.25, -0.2) is 24.3 Å². The number of benzene rings is 2. The van der Waals surface area contributed by atoms with Gasteiger partial charge < -0.3 is 9.64 Å². The second-order valence-corrected chi connectivity index (χ2v) is 10.7. The molecule has 206 valence electrons. The van der Waals surface area contributed by atoms with E-state index in [-0.39, 0.29) is 35.0 Å². The summed E-state index contributed by atoms with van der Waals surface area (Å²) in [5.41, 5.74) is 4.63. The molecular formula is C32H31N7O2. The minimum atomic E-state index is -0.611. The molecule has 0 spiro atoms. The van der Waals surface area contributed by atoms with E-state index in [9.17, 15) is 4.79 Å². The van der Waals surface area contributed by atoms with Crippen LogP contribution in [0.5, 0.6) is 0 Å². The number of fused-ring (bicyclic) bond motifs is 1. The number of hydrogen-bond donors (Lipinski definition) is 0. The number of aliphatic imine (C=N–C) groups is 1. The van der Waals surface area contributed by atoms with E-state index >= 15 is 0 Å². The fourth-order valence-electron chi connectivity index (χ4n) is 4.42. The Morgan fingerprint density at radius 1 is 1.07 bits per heavy atom. The lowest BCUT2D eigenvalue weighted by atomic mass is 9.87. The van der Waals surface area contributed by atoms with Crippen molar-refractivity contribution >= 4 is 34.4 Å². The van der Waals surface area contributed by atoms with Gasteiger partial charge in [-0.1, -0.05) is 52.0 Å². The molecule has 0 radical (unpaired) electrons. The maximum Gasteiger partial charge on any atom is 0.331 e. The summed E-state index contributed by atoms with van der Waals surface area (Å²) in [6.07, 6.45) is 4.18. The average Bonchev–Trinajstić information content (AvgIpc) is 3.53. The summed E-state index contributed by atoms with van der Waals surface area (Å²) in [5.74, 6) is 0.307. The van der Waals surface area contributed by atoms with Crippen LogP contribution in [0.4, 0.5) is 17.1 Å². The van der Waals surface area contributed by atoms with Crippen LogP contribution in [0.15, 0.2) is 83.7 Å². The summed E-state index contributed by atoms with van der Waals surface area (Å²) in [5, 5.41) is 4.69. The predicted molar refractivity (Wildman–Crippen MR) is 160 cm³/mol. The topological polar surface area (TPSA) is 89.9 Å². The molecule has 3 heterocycles. The second kappa shape index (κ2) is 11.2. The number of anilines is 2. The van der Waals surface area contributed by atoms with Gasteiger partial charge in [-0.05, 0) is 53.8 Å². The highest BCUT2D eigenvalue weighted by molar-refractivity contribution is 6.29. The summed E-state index contributed by atoms with van der Waals surface area (Å²) < 4.78 is 6.90. The number of nitrogens with zero attached hydrogens (tertiary/aromatic N) is 7. The number of pyridine rings is 1. The molecule has 41 heavy (non-hydrogen) atoms. The van der Waals surface area contributed by atoms with Crippen molar-refractivity contribution in [1.29, 1.82) is 0 Å². The molecule has 0 saturated heterocycles. The van der Waals surface area contributed by atoms with E-state index in [1.807, 2.05) is 67.4 Å². The molecule has 2 aromatic carbocycles. The summed E-state index contributed by atoms with van der Waals surface area (Å²) in [4.78, 5) is 32.4. The Bertz CT molecular complexity index is 1670. The quantitative estimate of drug-likeness (QED) is 0.192. The Morgan fingerprint density at radius 3 is 2.41 bits per heavy atom. The lowest BCUT2D eigenvalue weighted by molar-refractivity contribution is -0.136. The van der Waals surface area contributed by atoms with E-state index in [0.29, 0.717) is 17.9 Å². The number of hydrogen-bond acceptors (Lipinski definition) is 7. The SMILES string of the molecule is [C-]#[N+]C1=C(C(=O)OCCC)c2nc(-c3ccc(C(C)(C)C)cc3)nn2C1=Nc1ccc(N(C)c2cccnc2)cc1. The van der Waals surface area contributed by atoms with Crippen molar-refractivity contribution < 1.29 is 9.53 Å². The number of ether oxygens (including phenoxy) is 1. The van der Waals surface area contributed by atoms with Crippen LogP contribution < -0.4 is 4.90 Å². The highest BCUT2D eigenvalue weighted by Crippen LogP contribution is 2.34. The third-order valence-corrected chi connectivity index (χ3v) is 6.75. The zero-order valence-corrected chi connectivity index (χ0v) is 23.8. The van der Waals surface area contributed by atoms with Crippen LogP contribution in [0.2, 0.25) is 0 Å². The molecule has 1 aliphatic heterocycles. The zero-order valence-electron chi connectivity index (χ0n) is 23.8. The largest absolute Gasteiger partial charge is 0.463 e. The molecular weight excluding hydrogens is 514 g/mol. The number of carbonyl (C=O) groups is 1. The Kier molecular flexibility index (Phi) is 7.49. The maximum atomic E-state index is 13.1. The minimum absolute atomic E-state index is 0.00750. The van der Waals surface area contributed by atoms with E-state index in [1.54, 1.807) is 12.4 Å². The molecule has 0 aliphatic carbocycles. The molecule has 0 N–H and O–H groups in total. The predicted octanol–water partition coefficient (Wildman–Crippen LogP) is 6.58. The van der Waals surface area contributed by atoms with E-state index in [0.717, 1.165) is 16.9 Å². The first-order valence-corrected chi connectivity index (χ1v) is 13.4. The van der Waals surface area contributed by atoms with Gasteiger partial charge in [-0.15, -0.1) is 5.10 Å². The Labute approximate surface area is 239 Å². The number of carbonyl (C=O) groups excluding carboxylic acids is 1. The summed E-state index contributed by atoms with van der Waals surface area (Å²) in [6, 6.07) is 19.5. The fraction of sp³-hybridized carbons (Fsp3) is 0.250. The number of allylic oxidation sites excluding steroid dienone is 1. The van der Waals surface area contributed by atoms with E-state index in [4.69, 9.17) is 21.4 Å². The summed E-state index contributed by atoms with van der Waals surface area (Å²) in [7, 11) is 1.96.